The highest BCUT2D eigenvalue weighted by Gasteiger charge is 2.30. The van der Waals surface area contributed by atoms with Crippen LogP contribution in [0.5, 0.6) is 0 Å². The van der Waals surface area contributed by atoms with Crippen LogP contribution in [0.3, 0.4) is 0 Å². The third-order valence-electron chi connectivity index (χ3n) is 5.31. The van der Waals surface area contributed by atoms with Crippen LogP contribution in [0.2, 0.25) is 0 Å². The van der Waals surface area contributed by atoms with Gasteiger partial charge in [-0.3, -0.25) is 9.59 Å². The third-order valence-corrected chi connectivity index (χ3v) is 5.31. The minimum atomic E-state index is -1.10. The first-order chi connectivity index (χ1) is 14.7. The highest BCUT2D eigenvalue weighted by Crippen LogP contribution is 2.26. The fourth-order valence-electron chi connectivity index (χ4n) is 3.13. The molecule has 2 aromatic carbocycles. The quantitative estimate of drug-likeness (QED) is 0.480. The number of urea groups is 1. The van der Waals surface area contributed by atoms with Crippen LogP contribution >= 0.6 is 0 Å². The number of rotatable bonds is 10. The number of carboxylic acid groups (broad SMARTS) is 1. The van der Waals surface area contributed by atoms with E-state index in [4.69, 9.17) is 0 Å². The monoisotopic (exact) mass is 424 g/mol. The van der Waals surface area contributed by atoms with Crippen molar-refractivity contribution < 1.29 is 19.5 Å². The van der Waals surface area contributed by atoms with Gasteiger partial charge in [-0.05, 0) is 50.5 Å². The van der Waals surface area contributed by atoms with Crippen LogP contribution in [-0.2, 0) is 4.79 Å². The smallest absolute Gasteiger partial charge is 0.321 e. The summed E-state index contributed by atoms with van der Waals surface area (Å²) in [5, 5.41) is 12.1. The zero-order chi connectivity index (χ0) is 23.0. The summed E-state index contributed by atoms with van der Waals surface area (Å²) in [5.41, 5.74) is 2.02. The van der Waals surface area contributed by atoms with Gasteiger partial charge < -0.3 is 15.3 Å². The maximum atomic E-state index is 12.4. The second kappa shape index (κ2) is 10.8. The first-order valence-electron chi connectivity index (χ1n) is 10.7. The van der Waals surface area contributed by atoms with Crippen molar-refractivity contribution in [3.05, 3.63) is 54.1 Å². The minimum Gasteiger partial charge on any atom is -0.481 e. The first kappa shape index (κ1) is 24.1. The molecular formula is C25H32N2O4. The summed E-state index contributed by atoms with van der Waals surface area (Å²) in [6.07, 6.45) is 1.97. The van der Waals surface area contributed by atoms with Gasteiger partial charge in [-0.1, -0.05) is 49.7 Å². The van der Waals surface area contributed by atoms with E-state index in [-0.39, 0.29) is 18.2 Å². The molecule has 0 aliphatic heterocycles. The van der Waals surface area contributed by atoms with Gasteiger partial charge in [-0.25, -0.2) is 4.79 Å². The maximum absolute atomic E-state index is 12.4. The standard InChI is InChI=1S/C25H32N2O4/c1-5-7-16-27(6-2)24(31)26-21-14-12-19(13-15-21)18-8-10-20(11-9-18)22(28)17-25(3,4)23(29)30/h8-15H,5-7,16-17H2,1-4H3,(H,26,31)(H,29,30). The SMILES string of the molecule is CCCCN(CC)C(=O)Nc1ccc(-c2ccc(C(=O)CC(C)(C)C(=O)O)cc2)cc1. The van der Waals surface area contributed by atoms with Crippen molar-refractivity contribution in [2.45, 2.75) is 47.0 Å². The van der Waals surface area contributed by atoms with Crippen molar-refractivity contribution >= 4 is 23.5 Å². The first-order valence-corrected chi connectivity index (χ1v) is 10.7. The van der Waals surface area contributed by atoms with Gasteiger partial charge in [0.15, 0.2) is 5.78 Å². The Morgan fingerprint density at radius 3 is 1.97 bits per heavy atom. The Bertz CT molecular complexity index is 902. The molecule has 0 aromatic heterocycles. The molecular weight excluding hydrogens is 392 g/mol. The Labute approximate surface area is 184 Å². The summed E-state index contributed by atoms with van der Waals surface area (Å²) in [6, 6.07) is 14.6. The Morgan fingerprint density at radius 2 is 1.48 bits per heavy atom. The van der Waals surface area contributed by atoms with Crippen LogP contribution in [-0.4, -0.2) is 40.9 Å². The normalized spacial score (nSPS) is 11.1. The van der Waals surface area contributed by atoms with E-state index in [1.165, 1.54) is 0 Å². The van der Waals surface area contributed by atoms with Gasteiger partial charge in [-0.2, -0.15) is 0 Å². The van der Waals surface area contributed by atoms with E-state index in [1.54, 1.807) is 30.9 Å². The third kappa shape index (κ3) is 6.67. The molecule has 0 fully saturated rings. The van der Waals surface area contributed by atoms with E-state index < -0.39 is 11.4 Å². The summed E-state index contributed by atoms with van der Waals surface area (Å²) in [6.45, 7) is 8.57. The average molecular weight is 425 g/mol. The number of nitrogens with one attached hydrogen (secondary N) is 1. The number of aliphatic carboxylic acids is 1. The van der Waals surface area contributed by atoms with Crippen LogP contribution < -0.4 is 5.32 Å². The predicted octanol–water partition coefficient (Wildman–Crippen LogP) is 5.69. The van der Waals surface area contributed by atoms with E-state index in [0.717, 1.165) is 36.2 Å². The molecule has 0 saturated heterocycles. The number of carbonyl (C=O) groups excluding carboxylic acids is 2. The molecule has 6 nitrogen and oxygen atoms in total. The highest BCUT2D eigenvalue weighted by molar-refractivity contribution is 5.99. The summed E-state index contributed by atoms with van der Waals surface area (Å²) in [4.78, 5) is 37.8. The highest BCUT2D eigenvalue weighted by atomic mass is 16.4. The van der Waals surface area contributed by atoms with Crippen molar-refractivity contribution in [2.75, 3.05) is 18.4 Å². The number of benzene rings is 2. The summed E-state index contributed by atoms with van der Waals surface area (Å²) >= 11 is 0. The van der Waals surface area contributed by atoms with Crippen molar-refractivity contribution in [3.8, 4) is 11.1 Å². The van der Waals surface area contributed by atoms with Gasteiger partial charge in [0.05, 0.1) is 5.41 Å². The molecule has 0 aliphatic carbocycles. The molecule has 2 aromatic rings. The van der Waals surface area contributed by atoms with Crippen LogP contribution in [0.4, 0.5) is 10.5 Å². The molecule has 0 atom stereocenters. The molecule has 2 rings (SSSR count). The number of carboxylic acids is 1. The molecule has 0 aliphatic rings. The van der Waals surface area contributed by atoms with Crippen LogP contribution in [0.15, 0.2) is 48.5 Å². The lowest BCUT2D eigenvalue weighted by molar-refractivity contribution is -0.146. The molecule has 0 bridgehead atoms. The zero-order valence-electron chi connectivity index (χ0n) is 18.8. The molecule has 0 radical (unpaired) electrons. The number of hydrogen-bond acceptors (Lipinski definition) is 3. The second-order valence-electron chi connectivity index (χ2n) is 8.31. The van der Waals surface area contributed by atoms with E-state index in [9.17, 15) is 19.5 Å². The number of carbonyl (C=O) groups is 3. The minimum absolute atomic E-state index is 0.0525. The largest absolute Gasteiger partial charge is 0.481 e. The van der Waals surface area contributed by atoms with E-state index in [1.807, 2.05) is 43.3 Å². The molecule has 0 saturated carbocycles. The molecule has 0 spiro atoms. The van der Waals surface area contributed by atoms with Crippen molar-refractivity contribution in [3.63, 3.8) is 0 Å². The molecule has 2 amide bonds. The Hall–Kier alpha value is -3.15. The lowest BCUT2D eigenvalue weighted by atomic mass is 9.85. The Morgan fingerprint density at radius 1 is 0.935 bits per heavy atom. The van der Waals surface area contributed by atoms with Gasteiger partial charge in [0.1, 0.15) is 0 Å². The number of Topliss-reactive ketones (excluding diaryl/α,β-unsaturated/α-hetero) is 1. The number of unbranched alkanes of at least 4 members (excludes halogenated alkanes) is 1. The van der Waals surface area contributed by atoms with Gasteiger partial charge in [0.2, 0.25) is 0 Å². The topological polar surface area (TPSA) is 86.7 Å². The molecule has 2 N–H and O–H groups in total. The van der Waals surface area contributed by atoms with Crippen molar-refractivity contribution in [2.24, 2.45) is 5.41 Å². The summed E-state index contributed by atoms with van der Waals surface area (Å²) in [5.74, 6) is -1.18. The fourth-order valence-corrected chi connectivity index (χ4v) is 3.13. The number of amides is 2. The zero-order valence-corrected chi connectivity index (χ0v) is 18.8. The molecule has 6 heteroatoms. The number of ketones is 1. The molecule has 166 valence electrons. The number of anilines is 1. The molecule has 31 heavy (non-hydrogen) atoms. The van der Waals surface area contributed by atoms with Crippen LogP contribution in [0.25, 0.3) is 11.1 Å². The molecule has 0 unspecified atom stereocenters. The Balaban J connectivity index is 2.04. The van der Waals surface area contributed by atoms with E-state index >= 15 is 0 Å². The lowest BCUT2D eigenvalue weighted by Crippen LogP contribution is -2.35. The van der Waals surface area contributed by atoms with E-state index in [2.05, 4.69) is 12.2 Å². The van der Waals surface area contributed by atoms with Crippen molar-refractivity contribution in [1.29, 1.82) is 0 Å². The van der Waals surface area contributed by atoms with E-state index in [0.29, 0.717) is 12.1 Å². The van der Waals surface area contributed by atoms with Crippen LogP contribution in [0, 0.1) is 5.41 Å². The second-order valence-corrected chi connectivity index (χ2v) is 8.31. The average Bonchev–Trinajstić information content (AvgIpc) is 2.74. The number of hydrogen-bond donors (Lipinski definition) is 2. The summed E-state index contributed by atoms with van der Waals surface area (Å²) in [7, 11) is 0. The van der Waals surface area contributed by atoms with Gasteiger partial charge in [0.25, 0.3) is 0 Å². The predicted molar refractivity (Wildman–Crippen MR) is 123 cm³/mol. The molecule has 0 heterocycles. The maximum Gasteiger partial charge on any atom is 0.321 e. The van der Waals surface area contributed by atoms with Gasteiger partial charge in [0, 0.05) is 30.8 Å². The lowest BCUT2D eigenvalue weighted by Gasteiger charge is -2.21. The van der Waals surface area contributed by atoms with Gasteiger partial charge >= 0.3 is 12.0 Å². The number of nitrogens with zero attached hydrogens (tertiary/aromatic N) is 1. The van der Waals surface area contributed by atoms with Crippen molar-refractivity contribution in [1.82, 2.24) is 4.90 Å². The Kier molecular flexibility index (Phi) is 8.37. The summed E-state index contributed by atoms with van der Waals surface area (Å²) < 4.78 is 0. The van der Waals surface area contributed by atoms with Crippen LogP contribution in [0.1, 0.15) is 57.3 Å². The fraction of sp³-hybridized carbons (Fsp3) is 0.400. The van der Waals surface area contributed by atoms with Gasteiger partial charge in [-0.15, -0.1) is 0 Å².